The molecule has 1 saturated carbocycles. The number of carbonyl (C=O) groups is 1. The molecule has 2 aliphatic rings. The molecule has 2 atom stereocenters. The normalized spacial score (nSPS) is 19.5. The monoisotopic (exact) mass is 448 g/mol. The highest BCUT2D eigenvalue weighted by Crippen LogP contribution is 2.34. The van der Waals surface area contributed by atoms with Gasteiger partial charge in [0.1, 0.15) is 18.2 Å². The highest BCUT2D eigenvalue weighted by molar-refractivity contribution is 6.01. The summed E-state index contributed by atoms with van der Waals surface area (Å²) in [6.07, 6.45) is 5.92. The van der Waals surface area contributed by atoms with E-state index in [1.807, 2.05) is 24.3 Å². The van der Waals surface area contributed by atoms with Gasteiger partial charge in [-0.3, -0.25) is 4.79 Å². The number of nitriles is 1. The van der Waals surface area contributed by atoms with Crippen molar-refractivity contribution in [3.05, 3.63) is 53.1 Å². The number of nitrogens with one attached hydrogen (secondary N) is 1. The lowest BCUT2D eigenvalue weighted by molar-refractivity contribution is -0.118. The lowest BCUT2D eigenvalue weighted by Crippen LogP contribution is -2.41. The maximum Gasteiger partial charge on any atom is 0.262 e. The van der Waals surface area contributed by atoms with Gasteiger partial charge < -0.3 is 24.3 Å². The third-order valence-corrected chi connectivity index (χ3v) is 6.12. The average molecular weight is 449 g/mol. The summed E-state index contributed by atoms with van der Waals surface area (Å²) in [5, 5.41) is 12.6. The maximum atomic E-state index is 12.7. The molecular formula is C26H28N2O5. The fourth-order valence-corrected chi connectivity index (χ4v) is 4.18. The number of hydrogen-bond donors (Lipinski definition) is 1. The first-order valence-corrected chi connectivity index (χ1v) is 11.2. The maximum absolute atomic E-state index is 12.7. The first-order valence-electron chi connectivity index (χ1n) is 11.2. The van der Waals surface area contributed by atoms with E-state index in [2.05, 4.69) is 12.2 Å². The summed E-state index contributed by atoms with van der Waals surface area (Å²) in [6.45, 7) is 2.70. The number of fused-ring (bicyclic) bond motifs is 1. The molecule has 1 fully saturated rings. The van der Waals surface area contributed by atoms with Crippen molar-refractivity contribution in [1.82, 2.24) is 5.32 Å². The fourth-order valence-electron chi connectivity index (χ4n) is 4.18. The molecule has 1 aliphatic heterocycles. The van der Waals surface area contributed by atoms with E-state index >= 15 is 0 Å². The third-order valence-electron chi connectivity index (χ3n) is 6.12. The van der Waals surface area contributed by atoms with Gasteiger partial charge in [-0.1, -0.05) is 31.9 Å². The Kier molecular flexibility index (Phi) is 7.04. The quantitative estimate of drug-likeness (QED) is 0.492. The minimum Gasteiger partial charge on any atom is -0.493 e. The van der Waals surface area contributed by atoms with E-state index in [1.54, 1.807) is 31.4 Å². The first kappa shape index (κ1) is 22.5. The van der Waals surface area contributed by atoms with Crippen LogP contribution < -0.4 is 24.3 Å². The molecule has 1 N–H and O–H groups in total. The lowest BCUT2D eigenvalue weighted by atomic mass is 9.86. The number of benzene rings is 2. The minimum atomic E-state index is -0.335. The summed E-state index contributed by atoms with van der Waals surface area (Å²) in [7, 11) is 1.55. The summed E-state index contributed by atoms with van der Waals surface area (Å²) in [6, 6.07) is 13.1. The number of ether oxygens (including phenoxy) is 4. The van der Waals surface area contributed by atoms with Crippen molar-refractivity contribution in [3.8, 4) is 29.1 Å². The second kappa shape index (κ2) is 10.3. The van der Waals surface area contributed by atoms with E-state index in [0.717, 1.165) is 30.6 Å². The second-order valence-corrected chi connectivity index (χ2v) is 8.40. The summed E-state index contributed by atoms with van der Waals surface area (Å²) in [5.74, 6) is 2.59. The molecule has 0 bridgehead atoms. The van der Waals surface area contributed by atoms with Crippen molar-refractivity contribution in [1.29, 1.82) is 5.26 Å². The Morgan fingerprint density at radius 1 is 1.15 bits per heavy atom. The zero-order valence-electron chi connectivity index (χ0n) is 18.9. The number of amides is 1. The Balaban J connectivity index is 1.44. The third kappa shape index (κ3) is 5.40. The van der Waals surface area contributed by atoms with Crippen LogP contribution in [0.4, 0.5) is 0 Å². The van der Waals surface area contributed by atoms with Crippen molar-refractivity contribution in [2.24, 2.45) is 5.92 Å². The molecule has 0 aromatic heterocycles. The van der Waals surface area contributed by atoms with Gasteiger partial charge in [-0.15, -0.1) is 0 Å². The van der Waals surface area contributed by atoms with E-state index in [9.17, 15) is 10.1 Å². The Hall–Kier alpha value is -3.66. The van der Waals surface area contributed by atoms with Crippen LogP contribution in [-0.4, -0.2) is 25.9 Å². The Labute approximate surface area is 193 Å². The zero-order valence-corrected chi connectivity index (χ0v) is 18.9. The summed E-state index contributed by atoms with van der Waals surface area (Å²) in [5.41, 5.74) is 1.69. The van der Waals surface area contributed by atoms with Crippen molar-refractivity contribution >= 4 is 12.0 Å². The molecule has 0 spiro atoms. The van der Waals surface area contributed by atoms with Crippen LogP contribution in [0.3, 0.4) is 0 Å². The SMILES string of the molecule is COc1cc(/C=C(\C#N)C(=O)N[C@@H]2CCCC[C@@H]2C)ccc1OCc1ccc2c(c1)OCO2. The molecule has 1 amide bonds. The molecule has 2 aromatic rings. The van der Waals surface area contributed by atoms with Crippen LogP contribution in [0.2, 0.25) is 0 Å². The van der Waals surface area contributed by atoms with E-state index in [4.69, 9.17) is 18.9 Å². The number of carbonyl (C=O) groups excluding carboxylic acids is 1. The topological polar surface area (TPSA) is 89.8 Å². The molecule has 0 saturated heterocycles. The second-order valence-electron chi connectivity index (χ2n) is 8.40. The van der Waals surface area contributed by atoms with Crippen LogP contribution in [0.25, 0.3) is 6.08 Å². The molecule has 33 heavy (non-hydrogen) atoms. The molecule has 172 valence electrons. The van der Waals surface area contributed by atoms with Gasteiger partial charge >= 0.3 is 0 Å². The van der Waals surface area contributed by atoms with E-state index in [1.165, 1.54) is 6.42 Å². The molecule has 1 aliphatic carbocycles. The number of hydrogen-bond acceptors (Lipinski definition) is 6. The largest absolute Gasteiger partial charge is 0.493 e. The van der Waals surface area contributed by atoms with Gasteiger partial charge in [0.25, 0.3) is 5.91 Å². The Morgan fingerprint density at radius 2 is 1.97 bits per heavy atom. The molecule has 4 rings (SSSR count). The summed E-state index contributed by atoms with van der Waals surface area (Å²) < 4.78 is 22.1. The van der Waals surface area contributed by atoms with Crippen molar-refractivity contribution in [3.63, 3.8) is 0 Å². The molecular weight excluding hydrogens is 420 g/mol. The van der Waals surface area contributed by atoms with Crippen LogP contribution in [0.15, 0.2) is 42.0 Å². The Bertz CT molecular complexity index is 1090. The molecule has 7 heteroatoms. The van der Waals surface area contributed by atoms with Crippen molar-refractivity contribution in [2.75, 3.05) is 13.9 Å². The molecule has 2 aromatic carbocycles. The van der Waals surface area contributed by atoms with Gasteiger partial charge in [0.05, 0.1) is 7.11 Å². The van der Waals surface area contributed by atoms with Gasteiger partial charge in [-0.2, -0.15) is 5.26 Å². The number of nitrogens with zero attached hydrogens (tertiary/aromatic N) is 1. The molecule has 0 unspecified atom stereocenters. The van der Waals surface area contributed by atoms with Gasteiger partial charge in [0.2, 0.25) is 6.79 Å². The van der Waals surface area contributed by atoms with E-state index in [-0.39, 0.29) is 24.3 Å². The van der Waals surface area contributed by atoms with Crippen LogP contribution in [0, 0.1) is 17.2 Å². The molecule has 1 heterocycles. The van der Waals surface area contributed by atoms with Crippen LogP contribution in [0.5, 0.6) is 23.0 Å². The number of methoxy groups -OCH3 is 1. The lowest BCUT2D eigenvalue weighted by Gasteiger charge is -2.29. The predicted octanol–water partition coefficient (Wildman–Crippen LogP) is 4.60. The van der Waals surface area contributed by atoms with Crippen molar-refractivity contribution in [2.45, 2.75) is 45.3 Å². The van der Waals surface area contributed by atoms with Crippen LogP contribution >= 0.6 is 0 Å². The van der Waals surface area contributed by atoms with Gasteiger partial charge in [-0.25, -0.2) is 0 Å². The smallest absolute Gasteiger partial charge is 0.262 e. The first-order chi connectivity index (χ1) is 16.1. The van der Waals surface area contributed by atoms with Crippen molar-refractivity contribution < 1.29 is 23.7 Å². The van der Waals surface area contributed by atoms with Crippen LogP contribution in [-0.2, 0) is 11.4 Å². The highest BCUT2D eigenvalue weighted by Gasteiger charge is 2.24. The van der Waals surface area contributed by atoms with Gasteiger partial charge in [0.15, 0.2) is 23.0 Å². The van der Waals surface area contributed by atoms with Gasteiger partial charge in [0, 0.05) is 6.04 Å². The summed E-state index contributed by atoms with van der Waals surface area (Å²) >= 11 is 0. The van der Waals surface area contributed by atoms with Gasteiger partial charge in [-0.05, 0) is 60.2 Å². The van der Waals surface area contributed by atoms with E-state index < -0.39 is 0 Å². The molecule has 7 nitrogen and oxygen atoms in total. The highest BCUT2D eigenvalue weighted by atomic mass is 16.7. The van der Waals surface area contributed by atoms with Crippen LogP contribution in [0.1, 0.15) is 43.7 Å². The molecule has 0 radical (unpaired) electrons. The average Bonchev–Trinajstić information content (AvgIpc) is 3.30. The fraction of sp³-hybridized carbons (Fsp3) is 0.385. The minimum absolute atomic E-state index is 0.0730. The van der Waals surface area contributed by atoms with E-state index in [0.29, 0.717) is 35.3 Å². The standard InChI is InChI=1S/C26H28N2O5/c1-17-5-3-4-6-21(17)28-26(29)20(14-27)11-18-7-9-22(24(12-18)30-2)31-15-19-8-10-23-25(13-19)33-16-32-23/h7-13,17,21H,3-6,15-16H2,1-2H3,(H,28,29)/b20-11+/t17-,21+/m0/s1. The predicted molar refractivity (Wildman–Crippen MR) is 123 cm³/mol. The Morgan fingerprint density at radius 3 is 2.76 bits per heavy atom. The number of rotatable bonds is 7. The zero-order chi connectivity index (χ0) is 23.2. The summed E-state index contributed by atoms with van der Waals surface area (Å²) in [4.78, 5) is 12.7.